The third-order valence-electron chi connectivity index (χ3n) is 6.76. The molecule has 0 spiro atoms. The second-order valence-corrected chi connectivity index (χ2v) is 9.47. The van der Waals surface area contributed by atoms with Crippen LogP contribution in [0.15, 0.2) is 82.4 Å². The molecule has 3 aliphatic heterocycles. The monoisotopic (exact) mass is 517 g/mol. The zero-order valence-electron chi connectivity index (χ0n) is 17.6. The molecule has 3 aromatic rings. The number of carbonyl (C=O) groups is 3. The van der Waals surface area contributed by atoms with E-state index in [2.05, 4.69) is 21.0 Å². The molecule has 3 aliphatic rings. The highest BCUT2D eigenvalue weighted by Crippen LogP contribution is 2.53. The number of amides is 2. The van der Waals surface area contributed by atoms with Crippen molar-refractivity contribution in [3.05, 3.63) is 99.8 Å². The summed E-state index contributed by atoms with van der Waals surface area (Å²) >= 11 is 3.40. The van der Waals surface area contributed by atoms with Crippen LogP contribution in [-0.2, 0) is 9.59 Å². The van der Waals surface area contributed by atoms with Gasteiger partial charge >= 0.3 is 0 Å². The fourth-order valence-electron chi connectivity index (χ4n) is 5.32. The molecule has 34 heavy (non-hydrogen) atoms. The molecule has 6 rings (SSSR count). The fraction of sp³-hybridized carbons (Fsp3) is 0.154. The second-order valence-electron chi connectivity index (χ2n) is 8.56. The first-order valence-corrected chi connectivity index (χ1v) is 11.6. The lowest BCUT2D eigenvalue weighted by Gasteiger charge is -2.33. The Morgan fingerprint density at radius 3 is 2.41 bits per heavy atom. The van der Waals surface area contributed by atoms with Crippen molar-refractivity contribution in [2.24, 2.45) is 16.9 Å². The Balaban J connectivity index is 1.50. The molecule has 2 fully saturated rings. The smallest absolute Gasteiger partial charge is 0.240 e. The van der Waals surface area contributed by atoms with Crippen molar-refractivity contribution in [1.29, 1.82) is 0 Å². The van der Waals surface area contributed by atoms with Gasteiger partial charge in [-0.2, -0.15) is 5.10 Å². The number of ketones is 1. The number of benzene rings is 3. The van der Waals surface area contributed by atoms with Crippen molar-refractivity contribution in [2.45, 2.75) is 12.1 Å². The van der Waals surface area contributed by atoms with Gasteiger partial charge in [-0.3, -0.25) is 19.4 Å². The third-order valence-corrected chi connectivity index (χ3v) is 7.25. The van der Waals surface area contributed by atoms with Crippen LogP contribution < -0.4 is 4.90 Å². The van der Waals surface area contributed by atoms with Crippen molar-refractivity contribution in [3.8, 4) is 0 Å². The molecule has 0 N–H and O–H groups in total. The van der Waals surface area contributed by atoms with Crippen molar-refractivity contribution in [3.63, 3.8) is 0 Å². The average Bonchev–Trinajstić information content (AvgIpc) is 3.31. The van der Waals surface area contributed by atoms with Gasteiger partial charge in [0.05, 0.1) is 29.8 Å². The molecule has 3 aromatic carbocycles. The maximum absolute atomic E-state index is 13.8. The number of anilines is 1. The molecular formula is C26H17BrFN3O3. The molecule has 0 radical (unpaired) electrons. The predicted octanol–water partition coefficient (Wildman–Crippen LogP) is 4.35. The summed E-state index contributed by atoms with van der Waals surface area (Å²) < 4.78 is 14.2. The molecule has 168 valence electrons. The van der Waals surface area contributed by atoms with Gasteiger partial charge in [0.15, 0.2) is 5.78 Å². The molecule has 4 atom stereocenters. The minimum Gasteiger partial charge on any atom is -0.292 e. The Hall–Kier alpha value is -3.65. The number of nitrogens with zero attached hydrogens (tertiary/aromatic N) is 3. The van der Waals surface area contributed by atoms with Gasteiger partial charge in [0.1, 0.15) is 11.9 Å². The molecule has 0 bridgehead atoms. The van der Waals surface area contributed by atoms with Crippen molar-refractivity contribution in [1.82, 2.24) is 5.01 Å². The van der Waals surface area contributed by atoms with Crippen molar-refractivity contribution < 1.29 is 18.8 Å². The van der Waals surface area contributed by atoms with Crippen LogP contribution in [0.4, 0.5) is 10.1 Å². The number of fused-ring (bicyclic) bond motifs is 5. The molecule has 8 heteroatoms. The molecule has 2 amide bonds. The number of halogens is 2. The van der Waals surface area contributed by atoms with E-state index in [9.17, 15) is 18.8 Å². The van der Waals surface area contributed by atoms with E-state index in [0.717, 1.165) is 15.6 Å². The van der Waals surface area contributed by atoms with Crippen LogP contribution in [-0.4, -0.2) is 34.9 Å². The Morgan fingerprint density at radius 1 is 0.912 bits per heavy atom. The summed E-state index contributed by atoms with van der Waals surface area (Å²) in [6.45, 7) is 0. The second kappa shape index (κ2) is 7.70. The summed E-state index contributed by atoms with van der Waals surface area (Å²) in [4.78, 5) is 42.4. The van der Waals surface area contributed by atoms with E-state index in [1.54, 1.807) is 29.4 Å². The van der Waals surface area contributed by atoms with Gasteiger partial charge in [-0.15, -0.1) is 0 Å². The Bertz CT molecular complexity index is 1390. The Kier molecular flexibility index (Phi) is 4.74. The topological polar surface area (TPSA) is 70.0 Å². The Morgan fingerprint density at radius 2 is 1.65 bits per heavy atom. The van der Waals surface area contributed by atoms with Gasteiger partial charge in [-0.05, 0) is 53.6 Å². The SMILES string of the molecule is O=C(c1ccc(F)cc1)[C@@H]1[C@@H]2C(=O)N(c3cccc(Br)c3)C(=O)[C@@H]2[C@@H]2c3ccccc3C=NN12. The quantitative estimate of drug-likeness (QED) is 0.382. The molecule has 0 aromatic heterocycles. The summed E-state index contributed by atoms with van der Waals surface area (Å²) in [7, 11) is 0. The molecule has 3 heterocycles. The first-order chi connectivity index (χ1) is 16.5. The van der Waals surface area contributed by atoms with Crippen molar-refractivity contribution >= 4 is 45.4 Å². The predicted molar refractivity (Wildman–Crippen MR) is 127 cm³/mol. The van der Waals surface area contributed by atoms with Gasteiger partial charge in [0, 0.05) is 10.0 Å². The van der Waals surface area contributed by atoms with Gasteiger partial charge < -0.3 is 0 Å². The van der Waals surface area contributed by atoms with Crippen LogP contribution in [0.2, 0.25) is 0 Å². The highest BCUT2D eigenvalue weighted by molar-refractivity contribution is 9.10. The van der Waals surface area contributed by atoms with E-state index in [1.165, 1.54) is 29.2 Å². The van der Waals surface area contributed by atoms with E-state index >= 15 is 0 Å². The maximum atomic E-state index is 13.8. The van der Waals surface area contributed by atoms with Crippen LogP contribution in [0.3, 0.4) is 0 Å². The number of hydrazone groups is 1. The zero-order valence-corrected chi connectivity index (χ0v) is 19.2. The molecule has 0 saturated carbocycles. The number of imide groups is 1. The van der Waals surface area contributed by atoms with Gasteiger partial charge in [0.25, 0.3) is 0 Å². The average molecular weight is 518 g/mol. The van der Waals surface area contributed by atoms with Gasteiger partial charge in [-0.25, -0.2) is 9.29 Å². The number of hydrogen-bond donors (Lipinski definition) is 0. The normalized spacial score (nSPS) is 24.8. The lowest BCUT2D eigenvalue weighted by molar-refractivity contribution is -0.124. The summed E-state index contributed by atoms with van der Waals surface area (Å²) in [5.74, 6) is -3.32. The van der Waals surface area contributed by atoms with E-state index in [0.29, 0.717) is 5.69 Å². The number of Topliss-reactive ketones (excluding diaryl/α,β-unsaturated/α-hetero) is 1. The summed E-state index contributed by atoms with van der Waals surface area (Å²) in [5.41, 5.74) is 2.41. The van der Waals surface area contributed by atoms with E-state index in [1.807, 2.05) is 30.3 Å². The first kappa shape index (κ1) is 20.9. The molecule has 0 unspecified atom stereocenters. The number of hydrogen-bond acceptors (Lipinski definition) is 5. The maximum Gasteiger partial charge on any atom is 0.240 e. The van der Waals surface area contributed by atoms with Crippen LogP contribution in [0.1, 0.15) is 27.5 Å². The molecule has 2 saturated heterocycles. The first-order valence-electron chi connectivity index (χ1n) is 10.8. The summed E-state index contributed by atoms with van der Waals surface area (Å²) in [6, 6.07) is 18.2. The number of carbonyl (C=O) groups excluding carboxylic acids is 3. The van der Waals surface area contributed by atoms with Crippen molar-refractivity contribution in [2.75, 3.05) is 4.90 Å². The van der Waals surface area contributed by atoms with Crippen LogP contribution in [0.25, 0.3) is 0 Å². The largest absolute Gasteiger partial charge is 0.292 e. The lowest BCUT2D eigenvalue weighted by Crippen LogP contribution is -2.44. The van der Waals surface area contributed by atoms with Crippen LogP contribution in [0.5, 0.6) is 0 Å². The standard InChI is InChI=1S/C26H17BrFN3O3/c27-16-5-3-6-18(12-16)30-25(33)20-21(26(30)34)23(24(32)14-8-10-17(28)11-9-14)31-22(20)19-7-2-1-4-15(19)13-29-31/h1-13,20-23H/t20-,21+,22-,23-/m0/s1. The molecule has 0 aliphatic carbocycles. The summed E-state index contributed by atoms with van der Waals surface area (Å²) in [5, 5.41) is 6.12. The van der Waals surface area contributed by atoms with E-state index < -0.39 is 35.6 Å². The van der Waals surface area contributed by atoms with Crippen LogP contribution >= 0.6 is 15.9 Å². The highest BCUT2D eigenvalue weighted by atomic mass is 79.9. The molecular weight excluding hydrogens is 501 g/mol. The lowest BCUT2D eigenvalue weighted by atomic mass is 9.83. The van der Waals surface area contributed by atoms with Gasteiger partial charge in [-0.1, -0.05) is 46.3 Å². The van der Waals surface area contributed by atoms with Gasteiger partial charge in [0.2, 0.25) is 11.8 Å². The minimum atomic E-state index is -0.987. The summed E-state index contributed by atoms with van der Waals surface area (Å²) in [6.07, 6.45) is 1.65. The zero-order chi connectivity index (χ0) is 23.6. The highest BCUT2D eigenvalue weighted by Gasteiger charge is 2.65. The fourth-order valence-corrected chi connectivity index (χ4v) is 5.71. The Labute approximate surface area is 202 Å². The molecule has 6 nitrogen and oxygen atoms in total. The van der Waals surface area contributed by atoms with E-state index in [-0.39, 0.29) is 17.3 Å². The van der Waals surface area contributed by atoms with E-state index in [4.69, 9.17) is 0 Å². The van der Waals surface area contributed by atoms with Crippen LogP contribution in [0, 0.1) is 17.7 Å². The third kappa shape index (κ3) is 2.98. The number of rotatable bonds is 3. The minimum absolute atomic E-state index is 0.265.